The lowest BCUT2D eigenvalue weighted by Gasteiger charge is -2.36. The second-order valence-corrected chi connectivity index (χ2v) is 8.05. The van der Waals surface area contributed by atoms with Gasteiger partial charge in [0.05, 0.1) is 23.5 Å². The van der Waals surface area contributed by atoms with Gasteiger partial charge in [-0.05, 0) is 42.3 Å². The minimum Gasteiger partial charge on any atom is -0.380 e. The van der Waals surface area contributed by atoms with Crippen molar-refractivity contribution >= 4 is 34.6 Å². The van der Waals surface area contributed by atoms with Crippen molar-refractivity contribution < 1.29 is 13.9 Å². The van der Waals surface area contributed by atoms with Crippen LogP contribution in [0.5, 0.6) is 0 Å². The number of nitrogens with one attached hydrogen (secondary N) is 3. The van der Waals surface area contributed by atoms with Crippen LogP contribution in [0.15, 0.2) is 60.8 Å². The van der Waals surface area contributed by atoms with Crippen molar-refractivity contribution in [3.05, 3.63) is 82.8 Å². The highest BCUT2D eigenvalue weighted by molar-refractivity contribution is 6.33. The number of ether oxygens (including phenoxy) is 1. The standard InChI is InChI=1S/C24H24ClFN4O2/c1-16(31)24(15-27-8-9-32-24)18-5-3-7-20(11-18)30-23-12-22(21(25)14-29-23)28-13-17-4-2-6-19(26)10-17/h2-7,10-12,14,27H,8-9,13,15H2,1H3,(H2,28,29,30). The Bertz CT molecular complexity index is 1120. The van der Waals surface area contributed by atoms with Crippen LogP contribution in [0.3, 0.4) is 0 Å². The van der Waals surface area contributed by atoms with E-state index < -0.39 is 5.60 Å². The molecule has 0 radical (unpaired) electrons. The van der Waals surface area contributed by atoms with E-state index in [0.717, 1.165) is 16.8 Å². The monoisotopic (exact) mass is 454 g/mol. The summed E-state index contributed by atoms with van der Waals surface area (Å²) < 4.78 is 19.3. The number of hydrogen-bond acceptors (Lipinski definition) is 6. The molecule has 1 aliphatic heterocycles. The molecule has 166 valence electrons. The predicted octanol–water partition coefficient (Wildman–Crippen LogP) is 4.63. The fourth-order valence-corrected chi connectivity index (χ4v) is 3.88. The molecule has 32 heavy (non-hydrogen) atoms. The summed E-state index contributed by atoms with van der Waals surface area (Å²) in [4.78, 5) is 16.8. The van der Waals surface area contributed by atoms with Gasteiger partial charge in [0.1, 0.15) is 11.6 Å². The zero-order valence-electron chi connectivity index (χ0n) is 17.6. The van der Waals surface area contributed by atoms with Crippen molar-refractivity contribution in [3.63, 3.8) is 0 Å². The summed E-state index contributed by atoms with van der Waals surface area (Å²) in [5.74, 6) is 0.246. The lowest BCUT2D eigenvalue weighted by Crippen LogP contribution is -2.51. The van der Waals surface area contributed by atoms with Crippen molar-refractivity contribution in [2.45, 2.75) is 19.1 Å². The van der Waals surface area contributed by atoms with E-state index in [9.17, 15) is 9.18 Å². The molecule has 2 aromatic carbocycles. The minimum absolute atomic E-state index is 0.0460. The van der Waals surface area contributed by atoms with E-state index in [0.29, 0.717) is 42.8 Å². The number of aromatic nitrogens is 1. The number of morpholine rings is 1. The van der Waals surface area contributed by atoms with Gasteiger partial charge in [-0.1, -0.05) is 35.9 Å². The zero-order valence-corrected chi connectivity index (χ0v) is 18.4. The van der Waals surface area contributed by atoms with Crippen molar-refractivity contribution in [1.29, 1.82) is 0 Å². The number of nitrogens with zero attached hydrogens (tertiary/aromatic N) is 1. The Labute approximate surface area is 191 Å². The number of pyridine rings is 1. The van der Waals surface area contributed by atoms with Gasteiger partial charge in [-0.3, -0.25) is 4.79 Å². The number of hydrogen-bond donors (Lipinski definition) is 3. The van der Waals surface area contributed by atoms with Gasteiger partial charge >= 0.3 is 0 Å². The van der Waals surface area contributed by atoms with E-state index in [-0.39, 0.29) is 11.6 Å². The van der Waals surface area contributed by atoms with Gasteiger partial charge in [0.25, 0.3) is 0 Å². The number of ketones is 1. The maximum absolute atomic E-state index is 13.4. The van der Waals surface area contributed by atoms with Crippen LogP contribution in [0.4, 0.5) is 21.6 Å². The maximum Gasteiger partial charge on any atom is 0.167 e. The van der Waals surface area contributed by atoms with Crippen molar-refractivity contribution in [3.8, 4) is 0 Å². The number of carbonyl (C=O) groups excluding carboxylic acids is 1. The van der Waals surface area contributed by atoms with Crippen LogP contribution in [0.25, 0.3) is 0 Å². The van der Waals surface area contributed by atoms with Crippen molar-refractivity contribution in [2.24, 2.45) is 0 Å². The highest BCUT2D eigenvalue weighted by Crippen LogP contribution is 2.31. The molecular formula is C24H24ClFN4O2. The number of carbonyl (C=O) groups is 1. The molecule has 0 saturated carbocycles. The molecule has 3 aromatic rings. The molecule has 6 nitrogen and oxygen atoms in total. The van der Waals surface area contributed by atoms with E-state index >= 15 is 0 Å². The van der Waals surface area contributed by atoms with Crippen molar-refractivity contribution in [1.82, 2.24) is 10.3 Å². The molecule has 1 atom stereocenters. The first-order valence-electron chi connectivity index (χ1n) is 10.3. The molecule has 0 bridgehead atoms. The van der Waals surface area contributed by atoms with E-state index in [1.54, 1.807) is 25.3 Å². The van der Waals surface area contributed by atoms with Crippen LogP contribution in [-0.2, 0) is 21.7 Å². The summed E-state index contributed by atoms with van der Waals surface area (Å²) in [6, 6.07) is 15.7. The smallest absolute Gasteiger partial charge is 0.167 e. The molecule has 0 aliphatic carbocycles. The average Bonchev–Trinajstić information content (AvgIpc) is 2.80. The molecule has 0 spiro atoms. The lowest BCUT2D eigenvalue weighted by atomic mass is 9.88. The third-order valence-corrected chi connectivity index (χ3v) is 5.70. The summed E-state index contributed by atoms with van der Waals surface area (Å²) in [6.07, 6.45) is 1.55. The molecular weight excluding hydrogens is 431 g/mol. The molecule has 1 unspecified atom stereocenters. The molecule has 1 saturated heterocycles. The average molecular weight is 455 g/mol. The largest absolute Gasteiger partial charge is 0.380 e. The number of anilines is 3. The third-order valence-electron chi connectivity index (χ3n) is 5.40. The van der Waals surface area contributed by atoms with Crippen LogP contribution in [0, 0.1) is 5.82 Å². The Morgan fingerprint density at radius 1 is 1.25 bits per heavy atom. The Morgan fingerprint density at radius 2 is 2.09 bits per heavy atom. The number of rotatable bonds is 7. The molecule has 1 fully saturated rings. The van der Waals surface area contributed by atoms with E-state index in [2.05, 4.69) is 20.9 Å². The lowest BCUT2D eigenvalue weighted by molar-refractivity contribution is -0.147. The van der Waals surface area contributed by atoms with Gasteiger partial charge in [0.15, 0.2) is 11.4 Å². The normalized spacial score (nSPS) is 18.2. The molecule has 2 heterocycles. The fourth-order valence-electron chi connectivity index (χ4n) is 3.71. The second kappa shape index (κ2) is 9.65. The quantitative estimate of drug-likeness (QED) is 0.483. The molecule has 3 N–H and O–H groups in total. The number of Topliss-reactive ketones (excluding diaryl/α,β-unsaturated/α-hetero) is 1. The molecule has 8 heteroatoms. The summed E-state index contributed by atoms with van der Waals surface area (Å²) in [5.41, 5.74) is 2.02. The van der Waals surface area contributed by atoms with Gasteiger partial charge in [-0.2, -0.15) is 0 Å². The summed E-state index contributed by atoms with van der Waals surface area (Å²) >= 11 is 6.29. The van der Waals surface area contributed by atoms with Crippen LogP contribution < -0.4 is 16.0 Å². The van der Waals surface area contributed by atoms with Gasteiger partial charge in [0, 0.05) is 31.4 Å². The predicted molar refractivity (Wildman–Crippen MR) is 124 cm³/mol. The first-order chi connectivity index (χ1) is 15.5. The topological polar surface area (TPSA) is 75.3 Å². The Balaban J connectivity index is 1.52. The fraction of sp³-hybridized carbons (Fsp3) is 0.250. The Hall–Kier alpha value is -3.00. The molecule has 1 aromatic heterocycles. The van der Waals surface area contributed by atoms with E-state index in [4.69, 9.17) is 16.3 Å². The molecule has 4 rings (SSSR count). The van der Waals surface area contributed by atoms with Gasteiger partial charge in [-0.15, -0.1) is 0 Å². The van der Waals surface area contributed by atoms with Gasteiger partial charge < -0.3 is 20.7 Å². The SMILES string of the molecule is CC(=O)C1(c2cccc(Nc3cc(NCc4cccc(F)c4)c(Cl)cn3)c2)CNCCO1. The summed E-state index contributed by atoms with van der Waals surface area (Å²) in [5, 5.41) is 10.2. The van der Waals surface area contributed by atoms with Crippen LogP contribution in [0.2, 0.25) is 5.02 Å². The minimum atomic E-state index is -0.999. The highest BCUT2D eigenvalue weighted by atomic mass is 35.5. The van der Waals surface area contributed by atoms with Crippen LogP contribution >= 0.6 is 11.6 Å². The number of halogens is 2. The highest BCUT2D eigenvalue weighted by Gasteiger charge is 2.40. The second-order valence-electron chi connectivity index (χ2n) is 7.65. The van der Waals surface area contributed by atoms with Gasteiger partial charge in [-0.25, -0.2) is 9.37 Å². The van der Waals surface area contributed by atoms with Crippen LogP contribution in [0.1, 0.15) is 18.1 Å². The van der Waals surface area contributed by atoms with Crippen molar-refractivity contribution in [2.75, 3.05) is 30.3 Å². The number of benzene rings is 2. The Kier molecular flexibility index (Phi) is 6.69. The molecule has 1 aliphatic rings. The van der Waals surface area contributed by atoms with Crippen LogP contribution in [-0.4, -0.2) is 30.5 Å². The molecule has 0 amide bonds. The van der Waals surface area contributed by atoms with E-state index in [1.807, 2.05) is 30.3 Å². The zero-order chi connectivity index (χ0) is 22.6. The Morgan fingerprint density at radius 3 is 2.84 bits per heavy atom. The van der Waals surface area contributed by atoms with Gasteiger partial charge in [0.2, 0.25) is 0 Å². The van der Waals surface area contributed by atoms with E-state index in [1.165, 1.54) is 12.1 Å². The summed E-state index contributed by atoms with van der Waals surface area (Å²) in [6.45, 7) is 3.58. The first kappa shape index (κ1) is 22.2. The third kappa shape index (κ3) is 4.91. The first-order valence-corrected chi connectivity index (χ1v) is 10.7. The maximum atomic E-state index is 13.4. The summed E-state index contributed by atoms with van der Waals surface area (Å²) in [7, 11) is 0.